The Morgan fingerprint density at radius 1 is 1.86 bits per heavy atom. The quantitative estimate of drug-likeness (QED) is 0.699. The molecular weight excluding hydrogens is 184 g/mol. The highest BCUT2D eigenvalue weighted by Gasteiger charge is 2.26. The summed E-state index contributed by atoms with van der Waals surface area (Å²) in [6, 6.07) is -0.345. The van der Waals surface area contributed by atoms with Crippen LogP contribution in [-0.2, 0) is 16.2 Å². The van der Waals surface area contributed by atoms with Crippen LogP contribution in [0.1, 0.15) is 6.92 Å². The Balaban J connectivity index is 2.06. The van der Waals surface area contributed by atoms with Crippen LogP contribution in [0.3, 0.4) is 0 Å². The zero-order valence-electron chi connectivity index (χ0n) is 7.86. The summed E-state index contributed by atoms with van der Waals surface area (Å²) in [4.78, 5) is 20.1. The number of aromatic nitrogens is 2. The van der Waals surface area contributed by atoms with Crippen LogP contribution < -0.4 is 10.8 Å². The first-order valence-corrected chi connectivity index (χ1v) is 4.50. The number of anilines is 1. The van der Waals surface area contributed by atoms with E-state index in [1.807, 2.05) is 17.7 Å². The van der Waals surface area contributed by atoms with E-state index < -0.39 is 0 Å². The number of hydrogen-bond acceptors (Lipinski definition) is 4. The topological polar surface area (TPSA) is 68.2 Å². The summed E-state index contributed by atoms with van der Waals surface area (Å²) in [5.74, 6) is 0.536. The molecule has 0 saturated carbocycles. The molecule has 0 radical (unpaired) electrons. The van der Waals surface area contributed by atoms with Crippen LogP contribution in [0.5, 0.6) is 0 Å². The monoisotopic (exact) mass is 196 g/mol. The van der Waals surface area contributed by atoms with Crippen molar-refractivity contribution in [2.75, 3.05) is 11.9 Å². The van der Waals surface area contributed by atoms with Crippen LogP contribution in [-0.4, -0.2) is 28.1 Å². The molecule has 0 bridgehead atoms. The van der Waals surface area contributed by atoms with Gasteiger partial charge in [-0.1, -0.05) is 0 Å². The summed E-state index contributed by atoms with van der Waals surface area (Å²) in [6.07, 6.45) is 3.55. The van der Waals surface area contributed by atoms with Crippen molar-refractivity contribution < 1.29 is 9.63 Å². The molecule has 1 unspecified atom stereocenters. The number of hydrogen-bond donors (Lipinski definition) is 2. The van der Waals surface area contributed by atoms with Crippen molar-refractivity contribution in [1.29, 1.82) is 0 Å². The van der Waals surface area contributed by atoms with Crippen molar-refractivity contribution in [3.05, 3.63) is 12.4 Å². The van der Waals surface area contributed by atoms with Crippen LogP contribution in [0.2, 0.25) is 0 Å². The van der Waals surface area contributed by atoms with Crippen LogP contribution in [0.25, 0.3) is 0 Å². The van der Waals surface area contributed by atoms with E-state index in [4.69, 9.17) is 4.84 Å². The van der Waals surface area contributed by atoms with Gasteiger partial charge in [-0.2, -0.15) is 0 Å². The second kappa shape index (κ2) is 3.67. The number of nitrogens with zero attached hydrogens (tertiary/aromatic N) is 2. The summed E-state index contributed by atoms with van der Waals surface area (Å²) in [7, 11) is 0. The normalized spacial score (nSPS) is 20.9. The van der Waals surface area contributed by atoms with E-state index >= 15 is 0 Å². The summed E-state index contributed by atoms with van der Waals surface area (Å²) in [5, 5.41) is 3.00. The number of carbonyl (C=O) groups is 1. The number of hydroxylamine groups is 1. The molecule has 0 aliphatic carbocycles. The summed E-state index contributed by atoms with van der Waals surface area (Å²) in [5.41, 5.74) is 2.28. The first-order chi connectivity index (χ1) is 6.81. The third-order valence-corrected chi connectivity index (χ3v) is 2.10. The third-order valence-electron chi connectivity index (χ3n) is 2.10. The molecule has 2 N–H and O–H groups in total. The highest BCUT2D eigenvalue weighted by molar-refractivity contribution is 5.84. The van der Waals surface area contributed by atoms with Crippen molar-refractivity contribution in [1.82, 2.24) is 15.0 Å². The van der Waals surface area contributed by atoms with Gasteiger partial charge in [0.15, 0.2) is 0 Å². The molecule has 1 fully saturated rings. The molecule has 0 aromatic carbocycles. The molecule has 6 nitrogen and oxygen atoms in total. The van der Waals surface area contributed by atoms with Gasteiger partial charge in [-0.05, 0) is 6.92 Å². The lowest BCUT2D eigenvalue weighted by atomic mass is 10.3. The van der Waals surface area contributed by atoms with Gasteiger partial charge in [0, 0.05) is 18.9 Å². The number of imidazole rings is 1. The standard InChI is InChI=1S/C8H12N4O2/c1-2-12-4-3-9-8(12)10-6-5-14-11-7(6)13/h3-4,6H,2,5H2,1H3,(H,9,10)(H,11,13). The number of amides is 1. The van der Waals surface area contributed by atoms with Crippen molar-refractivity contribution in [3.63, 3.8) is 0 Å². The average Bonchev–Trinajstić information content (AvgIpc) is 2.77. The molecule has 1 aliphatic heterocycles. The molecule has 1 aliphatic rings. The fraction of sp³-hybridized carbons (Fsp3) is 0.500. The predicted molar refractivity (Wildman–Crippen MR) is 49.4 cm³/mol. The summed E-state index contributed by atoms with van der Waals surface area (Å²) >= 11 is 0. The van der Waals surface area contributed by atoms with Crippen LogP contribution in [0.15, 0.2) is 12.4 Å². The van der Waals surface area contributed by atoms with Crippen molar-refractivity contribution in [2.45, 2.75) is 19.5 Å². The molecular formula is C8H12N4O2. The Bertz CT molecular complexity index is 336. The number of carbonyl (C=O) groups excluding carboxylic acids is 1. The van der Waals surface area contributed by atoms with Crippen LogP contribution in [0.4, 0.5) is 5.95 Å². The van der Waals surface area contributed by atoms with Gasteiger partial charge >= 0.3 is 0 Å². The van der Waals surface area contributed by atoms with Crippen LogP contribution in [0, 0.1) is 0 Å². The second-order valence-electron chi connectivity index (χ2n) is 3.01. The van der Waals surface area contributed by atoms with E-state index in [0.717, 1.165) is 6.54 Å². The van der Waals surface area contributed by atoms with E-state index in [1.165, 1.54) is 0 Å². The van der Waals surface area contributed by atoms with Gasteiger partial charge in [-0.25, -0.2) is 10.5 Å². The number of nitrogens with one attached hydrogen (secondary N) is 2. The molecule has 2 heterocycles. The van der Waals surface area contributed by atoms with Crippen LogP contribution >= 0.6 is 0 Å². The van der Waals surface area contributed by atoms with E-state index in [2.05, 4.69) is 15.8 Å². The fourth-order valence-corrected chi connectivity index (χ4v) is 1.31. The van der Waals surface area contributed by atoms with E-state index in [1.54, 1.807) is 6.20 Å². The average molecular weight is 196 g/mol. The third kappa shape index (κ3) is 1.56. The Morgan fingerprint density at radius 2 is 2.71 bits per heavy atom. The molecule has 1 aromatic rings. The zero-order chi connectivity index (χ0) is 9.97. The number of rotatable bonds is 3. The molecule has 14 heavy (non-hydrogen) atoms. The van der Waals surface area contributed by atoms with E-state index in [0.29, 0.717) is 12.6 Å². The first kappa shape index (κ1) is 9.01. The van der Waals surface area contributed by atoms with Crippen molar-refractivity contribution >= 4 is 11.9 Å². The smallest absolute Gasteiger partial charge is 0.268 e. The molecule has 1 aromatic heterocycles. The Hall–Kier alpha value is -1.56. The Morgan fingerprint density at radius 3 is 3.36 bits per heavy atom. The molecule has 1 atom stereocenters. The molecule has 76 valence electrons. The van der Waals surface area contributed by atoms with Crippen molar-refractivity contribution in [2.24, 2.45) is 0 Å². The maximum atomic E-state index is 11.2. The van der Waals surface area contributed by atoms with E-state index in [-0.39, 0.29) is 11.9 Å². The molecule has 1 saturated heterocycles. The van der Waals surface area contributed by atoms with Gasteiger partial charge in [0.05, 0.1) is 0 Å². The maximum Gasteiger partial charge on any atom is 0.268 e. The Labute approximate surface area is 81.2 Å². The first-order valence-electron chi connectivity index (χ1n) is 4.50. The van der Waals surface area contributed by atoms with Crippen molar-refractivity contribution in [3.8, 4) is 0 Å². The van der Waals surface area contributed by atoms with Gasteiger partial charge in [-0.15, -0.1) is 0 Å². The predicted octanol–water partition coefficient (Wildman–Crippen LogP) is -0.255. The van der Waals surface area contributed by atoms with Gasteiger partial charge < -0.3 is 9.88 Å². The molecule has 0 spiro atoms. The zero-order valence-corrected chi connectivity index (χ0v) is 7.86. The van der Waals surface area contributed by atoms with Gasteiger partial charge in [0.25, 0.3) is 5.91 Å². The molecule has 2 rings (SSSR count). The van der Waals surface area contributed by atoms with Gasteiger partial charge in [0.1, 0.15) is 12.6 Å². The minimum atomic E-state index is -0.345. The van der Waals surface area contributed by atoms with E-state index in [9.17, 15) is 4.79 Å². The van der Waals surface area contributed by atoms with Gasteiger partial charge in [-0.3, -0.25) is 9.63 Å². The minimum absolute atomic E-state index is 0.157. The Kier molecular flexibility index (Phi) is 2.36. The largest absolute Gasteiger partial charge is 0.342 e. The van der Waals surface area contributed by atoms with Gasteiger partial charge in [0.2, 0.25) is 5.95 Å². The summed E-state index contributed by atoms with van der Waals surface area (Å²) in [6.45, 7) is 3.16. The molecule has 6 heteroatoms. The maximum absolute atomic E-state index is 11.2. The minimum Gasteiger partial charge on any atom is -0.342 e. The lowest BCUT2D eigenvalue weighted by Crippen LogP contribution is -2.32. The number of aryl methyl sites for hydroxylation is 1. The SMILES string of the molecule is CCn1ccnc1NC1CONC1=O. The fourth-order valence-electron chi connectivity index (χ4n) is 1.31. The lowest BCUT2D eigenvalue weighted by molar-refractivity contribution is -0.124. The highest BCUT2D eigenvalue weighted by Crippen LogP contribution is 2.07. The lowest BCUT2D eigenvalue weighted by Gasteiger charge is -2.10. The molecule has 1 amide bonds. The highest BCUT2D eigenvalue weighted by atomic mass is 16.7. The summed E-state index contributed by atoms with van der Waals surface area (Å²) < 4.78 is 1.92. The second-order valence-corrected chi connectivity index (χ2v) is 3.01.